The maximum Gasteiger partial charge on any atom is 0.304 e. The quantitative estimate of drug-likeness (QED) is 0.806. The van der Waals surface area contributed by atoms with Crippen LogP contribution in [0.5, 0.6) is 0 Å². The molecule has 0 heterocycles. The Morgan fingerprint density at radius 3 is 2.79 bits per heavy atom. The molecule has 1 unspecified atom stereocenters. The maximum absolute atomic E-state index is 11.7. The number of thioether (sulfide) groups is 1. The summed E-state index contributed by atoms with van der Waals surface area (Å²) < 4.78 is 0. The van der Waals surface area contributed by atoms with Gasteiger partial charge in [-0.05, 0) is 24.1 Å². The number of aryl methyl sites for hydroxylation is 1. The fourth-order valence-electron chi connectivity index (χ4n) is 1.59. The summed E-state index contributed by atoms with van der Waals surface area (Å²) in [5.41, 5.74) is 1.96. The van der Waals surface area contributed by atoms with Crippen LogP contribution in [0.1, 0.15) is 25.8 Å². The average molecular weight is 281 g/mol. The molecule has 19 heavy (non-hydrogen) atoms. The van der Waals surface area contributed by atoms with Crippen LogP contribution in [0.3, 0.4) is 0 Å². The van der Waals surface area contributed by atoms with Gasteiger partial charge in [0.2, 0.25) is 5.91 Å². The van der Waals surface area contributed by atoms with Gasteiger partial charge in [0.05, 0.1) is 12.2 Å². The minimum absolute atomic E-state index is 0.0646. The Morgan fingerprint density at radius 1 is 1.42 bits per heavy atom. The molecular weight excluding hydrogens is 262 g/mol. The Bertz CT molecular complexity index is 448. The lowest BCUT2D eigenvalue weighted by Crippen LogP contribution is -2.17. The Labute approximate surface area is 117 Å². The van der Waals surface area contributed by atoms with Gasteiger partial charge in [-0.15, -0.1) is 11.8 Å². The van der Waals surface area contributed by atoms with Crippen LogP contribution in [0.2, 0.25) is 0 Å². The standard InChI is InChI=1S/C14H19NO3S/c1-3-11-5-4-6-12(8-11)15-13(16)9-19-10(2)7-14(17)18/h4-6,8,10H,3,7,9H2,1-2H3,(H,15,16)(H,17,18). The predicted octanol–water partition coefficient (Wildman–Crippen LogP) is 2.78. The molecule has 0 spiro atoms. The van der Waals surface area contributed by atoms with Gasteiger partial charge < -0.3 is 10.4 Å². The van der Waals surface area contributed by atoms with Gasteiger partial charge in [-0.25, -0.2) is 0 Å². The minimum atomic E-state index is -0.837. The first kappa shape index (κ1) is 15.6. The zero-order valence-corrected chi connectivity index (χ0v) is 12.0. The summed E-state index contributed by atoms with van der Waals surface area (Å²) in [7, 11) is 0. The molecule has 1 atom stereocenters. The van der Waals surface area contributed by atoms with Gasteiger partial charge in [0.1, 0.15) is 0 Å². The third kappa shape index (κ3) is 6.29. The van der Waals surface area contributed by atoms with Crippen LogP contribution >= 0.6 is 11.8 Å². The molecule has 0 aliphatic rings. The zero-order chi connectivity index (χ0) is 14.3. The summed E-state index contributed by atoms with van der Waals surface area (Å²) >= 11 is 1.35. The van der Waals surface area contributed by atoms with Gasteiger partial charge in [-0.2, -0.15) is 0 Å². The van der Waals surface area contributed by atoms with Gasteiger partial charge in [-0.3, -0.25) is 9.59 Å². The molecule has 2 N–H and O–H groups in total. The minimum Gasteiger partial charge on any atom is -0.481 e. The highest BCUT2D eigenvalue weighted by molar-refractivity contribution is 8.00. The van der Waals surface area contributed by atoms with E-state index in [0.717, 1.165) is 12.1 Å². The number of carboxylic acid groups (broad SMARTS) is 1. The lowest BCUT2D eigenvalue weighted by Gasteiger charge is -2.09. The van der Waals surface area contributed by atoms with E-state index >= 15 is 0 Å². The Balaban J connectivity index is 2.40. The van der Waals surface area contributed by atoms with E-state index in [1.54, 1.807) is 0 Å². The number of hydrogen-bond acceptors (Lipinski definition) is 3. The second-order valence-electron chi connectivity index (χ2n) is 4.32. The molecule has 0 saturated heterocycles. The highest BCUT2D eigenvalue weighted by Gasteiger charge is 2.10. The molecule has 5 heteroatoms. The van der Waals surface area contributed by atoms with Crippen molar-refractivity contribution in [3.8, 4) is 0 Å². The van der Waals surface area contributed by atoms with E-state index in [2.05, 4.69) is 12.2 Å². The van der Waals surface area contributed by atoms with Crippen LogP contribution in [-0.4, -0.2) is 28.0 Å². The smallest absolute Gasteiger partial charge is 0.304 e. The number of rotatable bonds is 7. The van der Waals surface area contributed by atoms with Crippen molar-refractivity contribution >= 4 is 29.3 Å². The molecule has 1 amide bonds. The van der Waals surface area contributed by atoms with E-state index in [9.17, 15) is 9.59 Å². The summed E-state index contributed by atoms with van der Waals surface area (Å²) in [6, 6.07) is 7.72. The van der Waals surface area contributed by atoms with Gasteiger partial charge in [0.15, 0.2) is 0 Å². The molecule has 0 fully saturated rings. The summed E-state index contributed by atoms with van der Waals surface area (Å²) in [4.78, 5) is 22.2. The molecule has 0 aliphatic heterocycles. The van der Waals surface area contributed by atoms with Crippen LogP contribution in [0.4, 0.5) is 5.69 Å². The van der Waals surface area contributed by atoms with E-state index < -0.39 is 5.97 Å². The highest BCUT2D eigenvalue weighted by atomic mass is 32.2. The molecule has 104 valence electrons. The fourth-order valence-corrected chi connectivity index (χ4v) is 2.36. The van der Waals surface area contributed by atoms with Gasteiger partial charge in [0.25, 0.3) is 0 Å². The van der Waals surface area contributed by atoms with Gasteiger partial charge in [0, 0.05) is 10.9 Å². The number of carbonyl (C=O) groups excluding carboxylic acids is 1. The first-order valence-electron chi connectivity index (χ1n) is 6.23. The highest BCUT2D eigenvalue weighted by Crippen LogP contribution is 2.15. The van der Waals surface area contributed by atoms with E-state index in [4.69, 9.17) is 5.11 Å². The molecule has 0 bridgehead atoms. The fraction of sp³-hybridized carbons (Fsp3) is 0.429. The van der Waals surface area contributed by atoms with Crippen LogP contribution in [0.25, 0.3) is 0 Å². The van der Waals surface area contributed by atoms with Crippen molar-refractivity contribution in [1.29, 1.82) is 0 Å². The second-order valence-corrected chi connectivity index (χ2v) is 5.75. The number of carbonyl (C=O) groups is 2. The monoisotopic (exact) mass is 281 g/mol. The number of nitrogens with one attached hydrogen (secondary N) is 1. The topological polar surface area (TPSA) is 66.4 Å². The Hall–Kier alpha value is -1.49. The largest absolute Gasteiger partial charge is 0.481 e. The molecule has 1 aromatic rings. The summed E-state index contributed by atoms with van der Waals surface area (Å²) in [5.74, 6) is -0.670. The molecule has 0 aromatic heterocycles. The number of benzene rings is 1. The lowest BCUT2D eigenvalue weighted by molar-refractivity contribution is -0.136. The van der Waals surface area contributed by atoms with Crippen molar-refractivity contribution in [2.24, 2.45) is 0 Å². The van der Waals surface area contributed by atoms with Crippen molar-refractivity contribution in [3.63, 3.8) is 0 Å². The van der Waals surface area contributed by atoms with Crippen LogP contribution in [0.15, 0.2) is 24.3 Å². The Morgan fingerprint density at radius 2 is 2.16 bits per heavy atom. The maximum atomic E-state index is 11.7. The van der Waals surface area contributed by atoms with Gasteiger partial charge >= 0.3 is 5.97 Å². The molecule has 4 nitrogen and oxygen atoms in total. The summed E-state index contributed by atoms with van der Waals surface area (Å²) in [6.45, 7) is 3.87. The molecular formula is C14H19NO3S. The average Bonchev–Trinajstić information content (AvgIpc) is 2.36. The summed E-state index contributed by atoms with van der Waals surface area (Å²) in [5, 5.41) is 11.4. The molecule has 1 rings (SSSR count). The van der Waals surface area contributed by atoms with Crippen molar-refractivity contribution in [3.05, 3.63) is 29.8 Å². The lowest BCUT2D eigenvalue weighted by atomic mass is 10.1. The third-order valence-corrected chi connectivity index (χ3v) is 3.74. The van der Waals surface area contributed by atoms with E-state index in [0.29, 0.717) is 0 Å². The summed E-state index contributed by atoms with van der Waals surface area (Å²) in [6.07, 6.45) is 0.997. The zero-order valence-electron chi connectivity index (χ0n) is 11.2. The number of aliphatic carboxylic acids is 1. The normalized spacial score (nSPS) is 11.9. The second kappa shape index (κ2) is 7.84. The molecule has 1 aromatic carbocycles. The van der Waals surface area contributed by atoms with E-state index in [-0.39, 0.29) is 23.3 Å². The van der Waals surface area contributed by atoms with Crippen LogP contribution < -0.4 is 5.32 Å². The van der Waals surface area contributed by atoms with Crippen molar-refractivity contribution in [2.75, 3.05) is 11.1 Å². The van der Waals surface area contributed by atoms with E-state index in [1.807, 2.05) is 31.2 Å². The SMILES string of the molecule is CCc1cccc(NC(=O)CSC(C)CC(=O)O)c1. The predicted molar refractivity (Wildman–Crippen MR) is 78.6 cm³/mol. The van der Waals surface area contributed by atoms with Crippen LogP contribution in [0, 0.1) is 0 Å². The number of carboxylic acids is 1. The van der Waals surface area contributed by atoms with Crippen molar-refractivity contribution in [1.82, 2.24) is 0 Å². The molecule has 0 saturated carbocycles. The van der Waals surface area contributed by atoms with E-state index in [1.165, 1.54) is 17.3 Å². The molecule has 0 aliphatic carbocycles. The van der Waals surface area contributed by atoms with Crippen molar-refractivity contribution < 1.29 is 14.7 Å². The van der Waals surface area contributed by atoms with Crippen LogP contribution in [-0.2, 0) is 16.0 Å². The van der Waals surface area contributed by atoms with Crippen molar-refractivity contribution in [2.45, 2.75) is 31.9 Å². The molecule has 0 radical (unpaired) electrons. The third-order valence-electron chi connectivity index (χ3n) is 2.58. The van der Waals surface area contributed by atoms with Gasteiger partial charge in [-0.1, -0.05) is 26.0 Å². The number of hydrogen-bond donors (Lipinski definition) is 2. The Kier molecular flexibility index (Phi) is 6.42. The first-order chi connectivity index (χ1) is 9.01. The number of anilines is 1. The number of amides is 1. The first-order valence-corrected chi connectivity index (χ1v) is 7.28.